The lowest BCUT2D eigenvalue weighted by Gasteiger charge is -2.46. The zero-order chi connectivity index (χ0) is 14.3. The van der Waals surface area contributed by atoms with E-state index in [1.165, 1.54) is 26.4 Å². The van der Waals surface area contributed by atoms with Crippen molar-refractivity contribution in [3.05, 3.63) is 0 Å². The summed E-state index contributed by atoms with van der Waals surface area (Å²) in [4.78, 5) is 14.8. The summed E-state index contributed by atoms with van der Waals surface area (Å²) in [5.41, 5.74) is 0. The summed E-state index contributed by atoms with van der Waals surface area (Å²) in [6.07, 6.45) is 8.22. The fraction of sp³-hybridized carbons (Fsp3) is 0.938. The predicted octanol–water partition coefficient (Wildman–Crippen LogP) is 3.06. The molecule has 2 bridgehead atoms. The largest absolute Gasteiger partial charge is 0.469 e. The van der Waals surface area contributed by atoms with Gasteiger partial charge >= 0.3 is 5.97 Å². The molecule has 2 heterocycles. The van der Waals surface area contributed by atoms with Crippen molar-refractivity contribution in [2.45, 2.75) is 62.4 Å². The van der Waals surface area contributed by atoms with Crippen LogP contribution in [0.2, 0.25) is 0 Å². The van der Waals surface area contributed by atoms with Crippen LogP contribution in [-0.2, 0) is 9.53 Å². The van der Waals surface area contributed by atoms with Crippen molar-refractivity contribution in [2.24, 2.45) is 17.8 Å². The number of carbonyl (C=O) groups is 1. The van der Waals surface area contributed by atoms with Crippen molar-refractivity contribution in [1.29, 1.82) is 0 Å². The minimum Gasteiger partial charge on any atom is -0.469 e. The summed E-state index contributed by atoms with van der Waals surface area (Å²) in [6.45, 7) is 0. The minimum atomic E-state index is 0.00361. The van der Waals surface area contributed by atoms with Crippen LogP contribution in [-0.4, -0.2) is 42.5 Å². The van der Waals surface area contributed by atoms with Crippen LogP contribution < -0.4 is 0 Å². The number of esters is 1. The lowest BCUT2D eigenvalue weighted by Crippen LogP contribution is -2.52. The number of piperidine rings is 1. The normalized spacial score (nSPS) is 45.4. The zero-order valence-electron chi connectivity index (χ0n) is 12.6. The third-order valence-corrected chi connectivity index (χ3v) is 6.44. The van der Waals surface area contributed by atoms with E-state index < -0.39 is 0 Å². The van der Waals surface area contributed by atoms with Gasteiger partial charge in [0, 0.05) is 17.5 Å². The Labute approximate surface area is 127 Å². The molecule has 0 radical (unpaired) electrons. The maximum absolute atomic E-state index is 12.4. The fourth-order valence-corrected chi connectivity index (χ4v) is 5.40. The molecule has 0 aromatic carbocycles. The number of rotatable bonds is 2. The summed E-state index contributed by atoms with van der Waals surface area (Å²) in [6, 6.07) is 1.06. The zero-order valence-corrected chi connectivity index (χ0v) is 13.3. The number of alkyl halides is 1. The molecule has 0 spiro atoms. The number of hydrogen-bond acceptors (Lipinski definition) is 3. The lowest BCUT2D eigenvalue weighted by molar-refractivity contribution is -0.154. The Morgan fingerprint density at radius 3 is 2.70 bits per heavy atom. The molecule has 1 saturated carbocycles. The van der Waals surface area contributed by atoms with Gasteiger partial charge in [0.15, 0.2) is 0 Å². The average molecular weight is 300 g/mol. The Morgan fingerprint density at radius 1 is 1.20 bits per heavy atom. The third kappa shape index (κ3) is 2.48. The van der Waals surface area contributed by atoms with E-state index in [4.69, 9.17) is 16.3 Å². The van der Waals surface area contributed by atoms with Crippen LogP contribution in [0.3, 0.4) is 0 Å². The first-order valence-corrected chi connectivity index (χ1v) is 8.49. The molecule has 0 N–H and O–H groups in total. The van der Waals surface area contributed by atoms with E-state index >= 15 is 0 Å². The van der Waals surface area contributed by atoms with Crippen LogP contribution in [0.5, 0.6) is 0 Å². The molecule has 0 aromatic rings. The molecule has 3 fully saturated rings. The summed E-state index contributed by atoms with van der Waals surface area (Å²) in [5, 5.41) is 0.310. The van der Waals surface area contributed by atoms with Crippen LogP contribution in [0.15, 0.2) is 0 Å². The standard InChI is InChI=1S/C16H26ClNO2/c1-18-12-6-7-14(18)15(16(19)20-2)13(9-12)10-4-3-5-11(17)8-10/h10-15H,3-9H2,1-2H3/t10?,11?,12-,13-,14?,15?/m1/s1. The average Bonchev–Trinajstić information content (AvgIpc) is 2.69. The van der Waals surface area contributed by atoms with Crippen molar-refractivity contribution in [3.63, 3.8) is 0 Å². The van der Waals surface area contributed by atoms with Gasteiger partial charge in [-0.15, -0.1) is 11.6 Å². The van der Waals surface area contributed by atoms with Crippen LogP contribution in [0.1, 0.15) is 44.9 Å². The van der Waals surface area contributed by atoms with Gasteiger partial charge < -0.3 is 4.74 Å². The van der Waals surface area contributed by atoms with Crippen LogP contribution >= 0.6 is 11.6 Å². The number of carbonyl (C=O) groups excluding carboxylic acids is 1. The topological polar surface area (TPSA) is 29.5 Å². The molecule has 2 aliphatic heterocycles. The first-order valence-electron chi connectivity index (χ1n) is 8.05. The fourth-order valence-electron chi connectivity index (χ4n) is 5.01. The number of hydrogen-bond donors (Lipinski definition) is 0. The van der Waals surface area contributed by atoms with Gasteiger partial charge in [0.05, 0.1) is 13.0 Å². The van der Waals surface area contributed by atoms with Gasteiger partial charge in [-0.1, -0.05) is 12.8 Å². The number of ether oxygens (including phenoxy) is 1. The quantitative estimate of drug-likeness (QED) is 0.580. The monoisotopic (exact) mass is 299 g/mol. The van der Waals surface area contributed by atoms with E-state index in [0.717, 1.165) is 25.7 Å². The molecule has 6 atom stereocenters. The Balaban J connectivity index is 1.82. The molecule has 3 aliphatic rings. The van der Waals surface area contributed by atoms with E-state index in [1.54, 1.807) is 0 Å². The second kappa shape index (κ2) is 5.84. The third-order valence-electron chi connectivity index (χ3n) is 6.04. The second-order valence-corrected chi connectivity index (χ2v) is 7.55. The Morgan fingerprint density at radius 2 is 2.00 bits per heavy atom. The predicted molar refractivity (Wildman–Crippen MR) is 79.8 cm³/mol. The van der Waals surface area contributed by atoms with Crippen LogP contribution in [0.4, 0.5) is 0 Å². The molecular formula is C16H26ClNO2. The van der Waals surface area contributed by atoms with Gasteiger partial charge in [-0.25, -0.2) is 0 Å². The van der Waals surface area contributed by atoms with Gasteiger partial charge in [0.2, 0.25) is 0 Å². The molecule has 1 aliphatic carbocycles. The highest BCUT2D eigenvalue weighted by molar-refractivity contribution is 6.20. The van der Waals surface area contributed by atoms with Crippen LogP contribution in [0.25, 0.3) is 0 Å². The second-order valence-electron chi connectivity index (χ2n) is 6.94. The molecule has 3 nitrogen and oxygen atoms in total. The van der Waals surface area contributed by atoms with Gasteiger partial charge in [0.1, 0.15) is 0 Å². The molecule has 4 heteroatoms. The molecule has 2 saturated heterocycles. The van der Waals surface area contributed by atoms with Crippen molar-refractivity contribution >= 4 is 17.6 Å². The SMILES string of the molecule is COC(=O)C1C2CC[C@H](C[C@@H]1C1CCCC(Cl)C1)N2C. The van der Waals surface area contributed by atoms with E-state index in [-0.39, 0.29) is 11.9 Å². The van der Waals surface area contributed by atoms with Crippen molar-refractivity contribution < 1.29 is 9.53 Å². The van der Waals surface area contributed by atoms with Crippen molar-refractivity contribution in [1.82, 2.24) is 4.90 Å². The molecule has 0 aromatic heterocycles. The molecule has 3 rings (SSSR count). The first kappa shape index (κ1) is 14.6. The number of halogens is 1. The smallest absolute Gasteiger partial charge is 0.310 e. The summed E-state index contributed by atoms with van der Waals surface area (Å²) in [7, 11) is 3.71. The Kier molecular flexibility index (Phi) is 4.28. The van der Waals surface area contributed by atoms with Crippen LogP contribution in [0, 0.1) is 17.8 Å². The van der Waals surface area contributed by atoms with E-state index in [1.807, 2.05) is 0 Å². The minimum absolute atomic E-state index is 0.00361. The number of nitrogens with zero attached hydrogens (tertiary/aromatic N) is 1. The number of methoxy groups -OCH3 is 1. The summed E-state index contributed by atoms with van der Waals surface area (Å²) < 4.78 is 5.14. The highest BCUT2D eigenvalue weighted by atomic mass is 35.5. The molecule has 4 unspecified atom stereocenters. The van der Waals surface area contributed by atoms with Crippen molar-refractivity contribution in [3.8, 4) is 0 Å². The summed E-state index contributed by atoms with van der Waals surface area (Å²) >= 11 is 6.38. The molecule has 0 amide bonds. The summed E-state index contributed by atoms with van der Waals surface area (Å²) in [5.74, 6) is 1.17. The van der Waals surface area contributed by atoms with E-state index in [9.17, 15) is 4.79 Å². The van der Waals surface area contributed by atoms with Gasteiger partial charge in [0.25, 0.3) is 0 Å². The highest BCUT2D eigenvalue weighted by Gasteiger charge is 2.51. The Bertz CT molecular complexity index is 375. The number of fused-ring (bicyclic) bond motifs is 2. The first-order chi connectivity index (χ1) is 9.61. The Hall–Kier alpha value is -0.280. The van der Waals surface area contributed by atoms with Gasteiger partial charge in [-0.05, 0) is 51.0 Å². The van der Waals surface area contributed by atoms with Gasteiger partial charge in [-0.2, -0.15) is 0 Å². The van der Waals surface area contributed by atoms with Crippen molar-refractivity contribution in [2.75, 3.05) is 14.2 Å². The lowest BCUT2D eigenvalue weighted by atomic mass is 9.68. The maximum atomic E-state index is 12.4. The molecule has 114 valence electrons. The van der Waals surface area contributed by atoms with E-state index in [2.05, 4.69) is 11.9 Å². The van der Waals surface area contributed by atoms with Gasteiger partial charge in [-0.3, -0.25) is 9.69 Å². The maximum Gasteiger partial charge on any atom is 0.310 e. The van der Waals surface area contributed by atoms with E-state index in [0.29, 0.717) is 29.3 Å². The molecule has 20 heavy (non-hydrogen) atoms. The molecular weight excluding hydrogens is 274 g/mol. The highest BCUT2D eigenvalue weighted by Crippen LogP contribution is 2.48.